The Kier molecular flexibility index (Phi) is 7.53. The van der Waals surface area contributed by atoms with E-state index in [0.29, 0.717) is 19.8 Å². The van der Waals surface area contributed by atoms with Crippen LogP contribution in [0.1, 0.15) is 44.3 Å². The summed E-state index contributed by atoms with van der Waals surface area (Å²) in [5.41, 5.74) is 3.37. The average molecular weight is 508 g/mol. The largest absolute Gasteiger partial charge is 0.381 e. The normalized spacial score (nSPS) is 20.2. The molecule has 196 valence electrons. The molecule has 0 radical (unpaired) electrons. The van der Waals surface area contributed by atoms with Crippen LogP contribution < -0.4 is 10.6 Å². The molecule has 2 amide bonds. The first-order chi connectivity index (χ1) is 18.0. The first-order valence-electron chi connectivity index (χ1n) is 13.1. The number of hydrogen-bond donors (Lipinski definition) is 3. The monoisotopic (exact) mass is 507 g/mol. The van der Waals surface area contributed by atoms with E-state index in [9.17, 15) is 14.0 Å². The van der Waals surface area contributed by atoms with Crippen LogP contribution in [-0.2, 0) is 14.3 Å². The van der Waals surface area contributed by atoms with Crippen LogP contribution in [0.25, 0.3) is 22.2 Å². The lowest BCUT2D eigenvalue weighted by Crippen LogP contribution is -2.56. The fourth-order valence-corrected chi connectivity index (χ4v) is 5.45. The maximum absolute atomic E-state index is 14.0. The summed E-state index contributed by atoms with van der Waals surface area (Å²) >= 11 is 0. The van der Waals surface area contributed by atoms with Gasteiger partial charge in [-0.15, -0.1) is 0 Å². The number of carbonyl (C=O) groups is 2. The highest BCUT2D eigenvalue weighted by molar-refractivity contribution is 5.93. The molecule has 0 saturated carbocycles. The molecular weight excluding hydrogens is 473 g/mol. The number of pyridine rings is 1. The summed E-state index contributed by atoms with van der Waals surface area (Å²) in [6.07, 6.45) is 4.94. The zero-order valence-electron chi connectivity index (χ0n) is 21.3. The van der Waals surface area contributed by atoms with Gasteiger partial charge in [0.05, 0.1) is 23.3 Å². The zero-order chi connectivity index (χ0) is 25.9. The van der Waals surface area contributed by atoms with Gasteiger partial charge in [0.25, 0.3) is 0 Å². The van der Waals surface area contributed by atoms with Crippen molar-refractivity contribution in [2.75, 3.05) is 26.8 Å². The molecule has 3 unspecified atom stereocenters. The number of rotatable bonds is 7. The van der Waals surface area contributed by atoms with Crippen molar-refractivity contribution in [1.29, 1.82) is 0 Å². The van der Waals surface area contributed by atoms with Crippen LogP contribution in [0.3, 0.4) is 0 Å². The van der Waals surface area contributed by atoms with E-state index in [1.54, 1.807) is 32.3 Å². The van der Waals surface area contributed by atoms with Gasteiger partial charge < -0.3 is 25.3 Å². The van der Waals surface area contributed by atoms with Crippen molar-refractivity contribution in [3.05, 3.63) is 54.1 Å². The van der Waals surface area contributed by atoms with E-state index in [-0.39, 0.29) is 29.6 Å². The lowest BCUT2D eigenvalue weighted by molar-refractivity contribution is -0.140. The molecule has 4 heterocycles. The smallest absolute Gasteiger partial charge is 0.246 e. The topological polar surface area (TPSA) is 99.4 Å². The first-order valence-corrected chi connectivity index (χ1v) is 13.1. The Hall–Kier alpha value is -3.30. The van der Waals surface area contributed by atoms with Gasteiger partial charge in [-0.25, -0.2) is 4.39 Å². The molecule has 2 aromatic heterocycles. The number of benzene rings is 1. The number of carbonyl (C=O) groups excluding carboxylic acids is 2. The quantitative estimate of drug-likeness (QED) is 0.454. The van der Waals surface area contributed by atoms with Gasteiger partial charge in [-0.2, -0.15) is 0 Å². The van der Waals surface area contributed by atoms with E-state index in [0.717, 1.165) is 53.5 Å². The molecule has 2 saturated heterocycles. The van der Waals surface area contributed by atoms with Crippen LogP contribution >= 0.6 is 0 Å². The van der Waals surface area contributed by atoms with Gasteiger partial charge in [-0.1, -0.05) is 0 Å². The molecule has 3 atom stereocenters. The SMILES string of the molecule is CNC(C)C(=O)NC(C(=O)N1CCCC1c1cc2ccnc(-c3ccc(F)cc3)c2[nH]1)C1CCOCC1. The van der Waals surface area contributed by atoms with E-state index in [1.165, 1.54) is 12.1 Å². The zero-order valence-corrected chi connectivity index (χ0v) is 21.3. The Morgan fingerprint density at radius 2 is 1.92 bits per heavy atom. The van der Waals surface area contributed by atoms with Crippen molar-refractivity contribution in [1.82, 2.24) is 25.5 Å². The number of H-pyrrole nitrogens is 1. The van der Waals surface area contributed by atoms with Crippen molar-refractivity contribution < 1.29 is 18.7 Å². The predicted molar refractivity (Wildman–Crippen MR) is 139 cm³/mol. The number of fused-ring (bicyclic) bond motifs is 1. The summed E-state index contributed by atoms with van der Waals surface area (Å²) in [4.78, 5) is 36.8. The number of nitrogens with one attached hydrogen (secondary N) is 3. The highest BCUT2D eigenvalue weighted by Gasteiger charge is 2.39. The van der Waals surface area contributed by atoms with Gasteiger partial charge in [0.2, 0.25) is 11.8 Å². The summed E-state index contributed by atoms with van der Waals surface area (Å²) < 4.78 is 19.0. The van der Waals surface area contributed by atoms with Gasteiger partial charge in [-0.3, -0.25) is 14.6 Å². The molecule has 8 nitrogen and oxygen atoms in total. The Morgan fingerprint density at radius 3 is 2.65 bits per heavy atom. The lowest BCUT2D eigenvalue weighted by Gasteiger charge is -2.35. The molecule has 0 aliphatic carbocycles. The Bertz CT molecular complexity index is 1250. The third-order valence-electron chi connectivity index (χ3n) is 7.70. The van der Waals surface area contributed by atoms with Gasteiger partial charge >= 0.3 is 0 Å². The Morgan fingerprint density at radius 1 is 1.16 bits per heavy atom. The van der Waals surface area contributed by atoms with Crippen LogP contribution in [0.15, 0.2) is 42.6 Å². The molecule has 5 rings (SSSR count). The number of ether oxygens (including phenoxy) is 1. The number of nitrogens with zero attached hydrogens (tertiary/aromatic N) is 2. The summed E-state index contributed by atoms with van der Waals surface area (Å²) in [5, 5.41) is 7.00. The Labute approximate surface area is 216 Å². The Balaban J connectivity index is 1.44. The van der Waals surface area contributed by atoms with Crippen molar-refractivity contribution in [2.24, 2.45) is 5.92 Å². The minimum Gasteiger partial charge on any atom is -0.381 e. The van der Waals surface area contributed by atoms with Crippen molar-refractivity contribution in [2.45, 2.75) is 50.7 Å². The number of aromatic amines is 1. The molecule has 37 heavy (non-hydrogen) atoms. The van der Waals surface area contributed by atoms with Gasteiger partial charge in [-0.05, 0) is 82.0 Å². The van der Waals surface area contributed by atoms with E-state index < -0.39 is 12.1 Å². The number of likely N-dealkylation sites (N-methyl/N-ethyl adjacent to an activating group) is 1. The minimum atomic E-state index is -0.589. The van der Waals surface area contributed by atoms with Crippen LogP contribution in [0.5, 0.6) is 0 Å². The summed E-state index contributed by atoms with van der Waals surface area (Å²) in [5.74, 6) is -0.476. The van der Waals surface area contributed by atoms with E-state index in [2.05, 4.69) is 26.7 Å². The lowest BCUT2D eigenvalue weighted by atomic mass is 9.90. The number of hydrogen-bond acceptors (Lipinski definition) is 5. The average Bonchev–Trinajstić information content (AvgIpc) is 3.59. The van der Waals surface area contributed by atoms with Crippen molar-refractivity contribution >= 4 is 22.7 Å². The number of halogens is 1. The molecule has 9 heteroatoms. The first kappa shape index (κ1) is 25.4. The fourth-order valence-electron chi connectivity index (χ4n) is 5.45. The van der Waals surface area contributed by atoms with Gasteiger partial charge in [0.1, 0.15) is 11.9 Å². The summed E-state index contributed by atoms with van der Waals surface area (Å²) in [7, 11) is 1.73. The van der Waals surface area contributed by atoms with E-state index >= 15 is 0 Å². The van der Waals surface area contributed by atoms with Gasteiger partial charge in [0.15, 0.2) is 0 Å². The van der Waals surface area contributed by atoms with Crippen LogP contribution in [0.4, 0.5) is 4.39 Å². The second-order valence-electron chi connectivity index (χ2n) is 9.99. The minimum absolute atomic E-state index is 0.0347. The highest BCUT2D eigenvalue weighted by atomic mass is 19.1. The molecule has 2 fully saturated rings. The highest BCUT2D eigenvalue weighted by Crippen LogP contribution is 2.36. The van der Waals surface area contributed by atoms with Crippen molar-refractivity contribution in [3.8, 4) is 11.3 Å². The molecule has 2 aliphatic heterocycles. The third kappa shape index (κ3) is 5.24. The molecule has 1 aromatic carbocycles. The number of amides is 2. The molecule has 0 spiro atoms. The van der Waals surface area contributed by atoms with Gasteiger partial charge in [0, 0.05) is 42.6 Å². The molecular formula is C28H34FN5O3. The molecule has 0 bridgehead atoms. The summed E-state index contributed by atoms with van der Waals surface area (Å²) in [6, 6.07) is 9.20. The maximum Gasteiger partial charge on any atom is 0.246 e. The maximum atomic E-state index is 14.0. The van der Waals surface area contributed by atoms with E-state index in [4.69, 9.17) is 4.74 Å². The van der Waals surface area contributed by atoms with Crippen LogP contribution in [0.2, 0.25) is 0 Å². The third-order valence-corrected chi connectivity index (χ3v) is 7.70. The second kappa shape index (κ2) is 11.0. The second-order valence-corrected chi connectivity index (χ2v) is 9.99. The summed E-state index contributed by atoms with van der Waals surface area (Å²) in [6.45, 7) is 3.61. The van der Waals surface area contributed by atoms with Crippen LogP contribution in [-0.4, -0.2) is 65.6 Å². The molecule has 3 N–H and O–H groups in total. The number of likely N-dealkylation sites (tertiary alicyclic amines) is 1. The number of aromatic nitrogens is 2. The van der Waals surface area contributed by atoms with Crippen molar-refractivity contribution in [3.63, 3.8) is 0 Å². The fraction of sp³-hybridized carbons (Fsp3) is 0.464. The predicted octanol–water partition coefficient (Wildman–Crippen LogP) is 3.55. The standard InChI is InChI=1S/C28H34FN5O3/c1-17(30-2)27(35)33-26(19-10-14-37-15-11-19)28(36)34-13-3-4-23(34)22-16-20-9-12-31-24(25(20)32-22)18-5-7-21(29)8-6-18/h5-9,12,16-17,19,23,26,30,32H,3-4,10-11,13-15H2,1-2H3,(H,33,35). The molecule has 2 aliphatic rings. The molecule has 3 aromatic rings. The van der Waals surface area contributed by atoms with E-state index in [1.807, 2.05) is 11.0 Å². The van der Waals surface area contributed by atoms with Crippen LogP contribution in [0, 0.1) is 11.7 Å².